The molecule has 0 aliphatic carbocycles. The van der Waals surface area contributed by atoms with Crippen LogP contribution in [-0.2, 0) is 0 Å². The second kappa shape index (κ2) is 6.92. The number of nitrogens with zero attached hydrogens (tertiary/aromatic N) is 3. The normalized spacial score (nSPS) is 11.8. The third kappa shape index (κ3) is 3.65. The van der Waals surface area contributed by atoms with E-state index >= 15 is 0 Å². The molecule has 3 nitrogen and oxygen atoms in total. The number of hydrogen-bond donors (Lipinski definition) is 0. The van der Waals surface area contributed by atoms with E-state index < -0.39 is 10.9 Å². The zero-order valence-electron chi connectivity index (χ0n) is 12.7. The van der Waals surface area contributed by atoms with Gasteiger partial charge in [-0.2, -0.15) is 0 Å². The number of rotatable bonds is 5. The van der Waals surface area contributed by atoms with E-state index in [0.29, 0.717) is 16.5 Å². The molecule has 1 atom stereocenters. The van der Waals surface area contributed by atoms with Gasteiger partial charge in [0.25, 0.3) is 0 Å². The van der Waals surface area contributed by atoms with Crippen LogP contribution in [0.1, 0.15) is 0 Å². The van der Waals surface area contributed by atoms with Crippen molar-refractivity contribution in [3.63, 3.8) is 0 Å². The van der Waals surface area contributed by atoms with E-state index in [1.54, 1.807) is 19.2 Å². The van der Waals surface area contributed by atoms with Crippen molar-refractivity contribution in [2.75, 3.05) is 35.5 Å². The molecule has 7 heteroatoms. The Labute approximate surface area is 133 Å². The van der Waals surface area contributed by atoms with Gasteiger partial charge in [0.1, 0.15) is 0 Å². The Morgan fingerprint density at radius 3 is 1.50 bits per heavy atom. The molecule has 2 rings (SSSR count). The van der Waals surface area contributed by atoms with E-state index in [2.05, 4.69) is 0 Å². The molecule has 0 bridgehead atoms. The fourth-order valence-electron chi connectivity index (χ4n) is 2.02. The van der Waals surface area contributed by atoms with Gasteiger partial charge in [0.15, 0.2) is 0 Å². The van der Waals surface area contributed by atoms with Crippen LogP contribution >= 0.6 is 10.9 Å². The Balaban J connectivity index is 2.18. The second-order valence-electron chi connectivity index (χ2n) is 4.83. The third-order valence-corrected chi connectivity index (χ3v) is 4.19. The fourth-order valence-corrected chi connectivity index (χ4v) is 2.34. The Bertz CT molecular complexity index is 647. The second-order valence-corrected chi connectivity index (χ2v) is 5.90. The molecule has 0 spiro atoms. The molecule has 1 radical (unpaired) electrons. The monoisotopic (exact) mass is 320 g/mol. The average molecular weight is 320 g/mol. The summed E-state index contributed by atoms with van der Waals surface area (Å²) in [6, 6.07) is 14.5. The van der Waals surface area contributed by atoms with Gasteiger partial charge in [0.2, 0.25) is 0 Å². The van der Waals surface area contributed by atoms with Crippen molar-refractivity contribution in [3.05, 3.63) is 48.5 Å². The summed E-state index contributed by atoms with van der Waals surface area (Å²) in [6.07, 6.45) is 0. The van der Waals surface area contributed by atoms with E-state index in [1.807, 2.05) is 48.3 Å². The molecule has 0 aliphatic rings. The summed E-state index contributed by atoms with van der Waals surface area (Å²) in [7, 11) is 3.08. The van der Waals surface area contributed by atoms with E-state index in [9.17, 15) is 8.37 Å². The molecule has 0 heterocycles. The summed E-state index contributed by atoms with van der Waals surface area (Å²) < 4.78 is 27.5. The van der Waals surface area contributed by atoms with Crippen LogP contribution in [-0.4, -0.2) is 27.9 Å². The van der Waals surface area contributed by atoms with Gasteiger partial charge in [-0.15, -0.1) is 4.48 Å². The Kier molecular flexibility index (Phi) is 5.18. The molecule has 0 aliphatic heterocycles. The van der Waals surface area contributed by atoms with Gasteiger partial charge in [-0.25, -0.2) is 0 Å². The number of benzene rings is 2. The summed E-state index contributed by atoms with van der Waals surface area (Å²) in [5, 5.41) is 0.565. The summed E-state index contributed by atoms with van der Waals surface area (Å²) in [5.74, 6) is 0. The predicted octanol–water partition coefficient (Wildman–Crippen LogP) is 4.36. The van der Waals surface area contributed by atoms with Crippen LogP contribution in [0.15, 0.2) is 48.5 Å². The molecule has 22 heavy (non-hydrogen) atoms. The Hall–Kier alpha value is -1.89. The van der Waals surface area contributed by atoms with Crippen LogP contribution in [0, 0.1) is 0 Å². The van der Waals surface area contributed by atoms with Crippen molar-refractivity contribution < 1.29 is 8.37 Å². The Morgan fingerprint density at radius 1 is 0.773 bits per heavy atom. The molecule has 2 aromatic carbocycles. The minimum absolute atomic E-state index is 0.493. The van der Waals surface area contributed by atoms with Crippen LogP contribution in [0.2, 0.25) is 0 Å². The summed E-state index contributed by atoms with van der Waals surface area (Å²) in [4.78, 5) is 1.96. The van der Waals surface area contributed by atoms with Gasteiger partial charge >= 0.3 is 121 Å². The molecule has 115 valence electrons. The van der Waals surface area contributed by atoms with Gasteiger partial charge in [0.05, 0.1) is 0 Å². The van der Waals surface area contributed by atoms with Crippen molar-refractivity contribution >= 4 is 40.4 Å². The van der Waals surface area contributed by atoms with Crippen molar-refractivity contribution in [2.24, 2.45) is 0 Å². The van der Waals surface area contributed by atoms with E-state index in [4.69, 9.17) is 6.72 Å². The van der Waals surface area contributed by atoms with Gasteiger partial charge < -0.3 is 0 Å². The molecule has 0 saturated heterocycles. The molecule has 0 amide bonds. The van der Waals surface area contributed by atoms with Crippen molar-refractivity contribution in [2.45, 2.75) is 0 Å². The van der Waals surface area contributed by atoms with Gasteiger partial charge in [-0.05, 0) is 0 Å². The van der Waals surface area contributed by atoms with Crippen LogP contribution in [0.5, 0.6) is 0 Å². The molecule has 1 unspecified atom stereocenters. The van der Waals surface area contributed by atoms with E-state index in [0.717, 1.165) is 11.4 Å². The van der Waals surface area contributed by atoms with Gasteiger partial charge in [-0.3, -0.25) is 0 Å². The molecule has 0 saturated carbocycles. The number of hydrogen-bond acceptors (Lipinski definition) is 3. The maximum absolute atomic E-state index is 13.1. The van der Waals surface area contributed by atoms with Crippen LogP contribution in [0.4, 0.5) is 31.1 Å². The standard InChI is InChI=1S/C15H17BF2N3S/c1-19(12-4-8-14(9-5-12)20(2)17)13-6-10-15(11-7-13)21(3)22(16)18/h4-11H,1-3H3. The molecule has 0 fully saturated rings. The van der Waals surface area contributed by atoms with Crippen molar-refractivity contribution in [3.8, 4) is 0 Å². The summed E-state index contributed by atoms with van der Waals surface area (Å²) in [5.41, 5.74) is 3.07. The Morgan fingerprint density at radius 2 is 1.14 bits per heavy atom. The predicted molar refractivity (Wildman–Crippen MR) is 93.3 cm³/mol. The van der Waals surface area contributed by atoms with Gasteiger partial charge in [0, 0.05) is 7.05 Å². The van der Waals surface area contributed by atoms with E-state index in [1.165, 1.54) is 11.4 Å². The third-order valence-electron chi connectivity index (χ3n) is 3.46. The molecule has 2 aromatic rings. The first kappa shape index (κ1) is 16.5. The SMILES string of the molecule is [B]=S(F)N(C)c1ccc(N(C)c2ccc(N(C)F)cc2)cc1. The molecular formula is C15H17BF2N3S. The van der Waals surface area contributed by atoms with Crippen LogP contribution < -0.4 is 14.3 Å². The topological polar surface area (TPSA) is 9.72 Å². The van der Waals surface area contributed by atoms with Crippen LogP contribution in [0.3, 0.4) is 0 Å². The first-order chi connectivity index (χ1) is 10.4. The van der Waals surface area contributed by atoms with E-state index in [-0.39, 0.29) is 0 Å². The first-order valence-corrected chi connectivity index (χ1v) is 7.77. The minimum atomic E-state index is -1.79. The van der Waals surface area contributed by atoms with Gasteiger partial charge in [-0.1, -0.05) is 0 Å². The van der Waals surface area contributed by atoms with Crippen LogP contribution in [0.25, 0.3) is 0 Å². The zero-order chi connectivity index (χ0) is 16.3. The average Bonchev–Trinajstić information content (AvgIpc) is 2.53. The summed E-state index contributed by atoms with van der Waals surface area (Å²) in [6.45, 7) is 5.24. The maximum atomic E-state index is 13.1. The first-order valence-electron chi connectivity index (χ1n) is 6.62. The molecular weight excluding hydrogens is 303 g/mol. The summed E-state index contributed by atoms with van der Waals surface area (Å²) >= 11 is 0. The van der Waals surface area contributed by atoms with Crippen molar-refractivity contribution in [1.29, 1.82) is 0 Å². The van der Waals surface area contributed by atoms with Crippen molar-refractivity contribution in [1.82, 2.24) is 0 Å². The number of anilines is 4. The fraction of sp³-hybridized carbons (Fsp3) is 0.200. The number of halogens is 2. The quantitative estimate of drug-likeness (QED) is 0.598. The molecule has 0 N–H and O–H groups in total. The molecule has 0 aromatic heterocycles. The zero-order valence-corrected chi connectivity index (χ0v) is 13.5.